The van der Waals surface area contributed by atoms with Crippen molar-refractivity contribution in [2.45, 2.75) is 19.0 Å². The number of nitrogens with zero attached hydrogens (tertiary/aromatic N) is 8. The summed E-state index contributed by atoms with van der Waals surface area (Å²) in [5.41, 5.74) is 1.15. The van der Waals surface area contributed by atoms with Gasteiger partial charge in [-0.05, 0) is 37.1 Å². The van der Waals surface area contributed by atoms with E-state index in [9.17, 15) is 18.0 Å². The number of aromatic nitrogens is 5. The van der Waals surface area contributed by atoms with Gasteiger partial charge in [-0.2, -0.15) is 17.7 Å². The predicted octanol–water partition coefficient (Wildman–Crippen LogP) is 2.10. The highest BCUT2D eigenvalue weighted by Crippen LogP contribution is 2.29. The molecule has 5 rings (SSSR count). The molecule has 2 aliphatic rings. The Labute approximate surface area is 187 Å². The molecule has 1 amide bonds. The Balaban J connectivity index is 1.19. The number of halogens is 3. The van der Waals surface area contributed by atoms with Crippen molar-refractivity contribution < 1.29 is 18.0 Å². The SMILES string of the molecule is O=C(C1CCN(c2ccc3nnc(C(F)(F)F)n3n2)CC1)N1CCN(c2ccncc2)CC1. The van der Waals surface area contributed by atoms with Gasteiger partial charge in [-0.1, -0.05) is 0 Å². The van der Waals surface area contributed by atoms with E-state index in [1.165, 1.54) is 6.07 Å². The highest BCUT2D eigenvalue weighted by Gasteiger charge is 2.38. The average Bonchev–Trinajstić information content (AvgIpc) is 3.28. The van der Waals surface area contributed by atoms with Crippen molar-refractivity contribution in [1.29, 1.82) is 0 Å². The summed E-state index contributed by atoms with van der Waals surface area (Å²) >= 11 is 0. The molecule has 3 aromatic rings. The van der Waals surface area contributed by atoms with E-state index in [0.717, 1.165) is 23.3 Å². The molecule has 2 saturated heterocycles. The van der Waals surface area contributed by atoms with Crippen LogP contribution in [-0.4, -0.2) is 74.9 Å². The molecule has 2 aliphatic heterocycles. The van der Waals surface area contributed by atoms with Crippen LogP contribution < -0.4 is 9.80 Å². The number of piperidine rings is 1. The minimum Gasteiger partial charge on any atom is -0.368 e. The number of fused-ring (bicyclic) bond motifs is 1. The van der Waals surface area contributed by atoms with Crippen molar-refractivity contribution in [2.75, 3.05) is 49.1 Å². The fourth-order valence-corrected chi connectivity index (χ4v) is 4.48. The van der Waals surface area contributed by atoms with E-state index in [1.807, 2.05) is 21.9 Å². The molecule has 33 heavy (non-hydrogen) atoms. The van der Waals surface area contributed by atoms with E-state index in [2.05, 4.69) is 25.2 Å². The second kappa shape index (κ2) is 8.49. The number of piperazine rings is 1. The lowest BCUT2D eigenvalue weighted by atomic mass is 9.95. The standard InChI is InChI=1S/C21H23F3N8O/c22-21(23,24)20-27-26-17-1-2-18(28-32(17)20)30-9-5-15(6-10-30)19(33)31-13-11-29(12-14-31)16-3-7-25-8-4-16/h1-4,7-8,15H,5-6,9-14H2. The smallest absolute Gasteiger partial charge is 0.368 e. The molecule has 0 atom stereocenters. The molecule has 0 spiro atoms. The van der Waals surface area contributed by atoms with Crippen molar-refractivity contribution in [2.24, 2.45) is 5.92 Å². The first kappa shape index (κ1) is 21.4. The maximum Gasteiger partial charge on any atom is 0.453 e. The molecule has 0 saturated carbocycles. The highest BCUT2D eigenvalue weighted by molar-refractivity contribution is 5.79. The molecule has 2 fully saturated rings. The quantitative estimate of drug-likeness (QED) is 0.592. The summed E-state index contributed by atoms with van der Waals surface area (Å²) in [6.07, 6.45) is 0.168. The van der Waals surface area contributed by atoms with Crippen molar-refractivity contribution >= 4 is 23.1 Å². The second-order valence-electron chi connectivity index (χ2n) is 8.26. The molecule has 0 aromatic carbocycles. The van der Waals surface area contributed by atoms with Crippen LogP contribution in [-0.2, 0) is 11.0 Å². The third-order valence-electron chi connectivity index (χ3n) is 6.29. The number of hydrogen-bond acceptors (Lipinski definition) is 7. The summed E-state index contributed by atoms with van der Waals surface area (Å²) < 4.78 is 40.1. The fraction of sp³-hybridized carbons (Fsp3) is 0.476. The molecule has 3 aromatic heterocycles. The van der Waals surface area contributed by atoms with Gasteiger partial charge in [0.2, 0.25) is 5.91 Å². The molecule has 174 valence electrons. The fourth-order valence-electron chi connectivity index (χ4n) is 4.48. The molecule has 0 bridgehead atoms. The lowest BCUT2D eigenvalue weighted by Crippen LogP contribution is -2.51. The Hall–Kier alpha value is -3.44. The number of rotatable bonds is 3. The maximum atomic E-state index is 13.1. The lowest BCUT2D eigenvalue weighted by molar-refractivity contribution is -0.146. The summed E-state index contributed by atoms with van der Waals surface area (Å²) in [6, 6.07) is 7.06. The summed E-state index contributed by atoms with van der Waals surface area (Å²) in [7, 11) is 0. The van der Waals surface area contributed by atoms with E-state index in [4.69, 9.17) is 0 Å². The molecule has 0 unspecified atom stereocenters. The first-order valence-electron chi connectivity index (χ1n) is 10.9. The Morgan fingerprint density at radius 2 is 1.58 bits per heavy atom. The van der Waals surface area contributed by atoms with Crippen LogP contribution in [0.4, 0.5) is 24.7 Å². The molecule has 0 radical (unpaired) electrons. The number of pyridine rings is 1. The van der Waals surface area contributed by atoms with Gasteiger partial charge >= 0.3 is 6.18 Å². The molecular weight excluding hydrogens is 437 g/mol. The van der Waals surface area contributed by atoms with Gasteiger partial charge in [0, 0.05) is 63.3 Å². The summed E-state index contributed by atoms with van der Waals surface area (Å²) in [5, 5.41) is 10.9. The zero-order valence-electron chi connectivity index (χ0n) is 17.8. The highest BCUT2D eigenvalue weighted by atomic mass is 19.4. The summed E-state index contributed by atoms with van der Waals surface area (Å²) in [5.74, 6) is -0.649. The van der Waals surface area contributed by atoms with E-state index in [-0.39, 0.29) is 17.5 Å². The van der Waals surface area contributed by atoms with Gasteiger partial charge in [-0.15, -0.1) is 15.3 Å². The Kier molecular flexibility index (Phi) is 5.51. The molecule has 12 heteroatoms. The third kappa shape index (κ3) is 4.29. The monoisotopic (exact) mass is 460 g/mol. The summed E-state index contributed by atoms with van der Waals surface area (Å²) in [4.78, 5) is 23.2. The second-order valence-corrected chi connectivity index (χ2v) is 8.26. The van der Waals surface area contributed by atoms with Crippen LogP contribution in [0.5, 0.6) is 0 Å². The number of amides is 1. The molecule has 0 N–H and O–H groups in total. The normalized spacial score (nSPS) is 18.2. The van der Waals surface area contributed by atoms with Gasteiger partial charge in [0.1, 0.15) is 5.82 Å². The van der Waals surface area contributed by atoms with Crippen LogP contribution >= 0.6 is 0 Å². The molecule has 0 aliphatic carbocycles. The van der Waals surface area contributed by atoms with E-state index >= 15 is 0 Å². The van der Waals surface area contributed by atoms with Gasteiger partial charge < -0.3 is 14.7 Å². The first-order valence-corrected chi connectivity index (χ1v) is 10.9. The van der Waals surface area contributed by atoms with Crippen LogP contribution in [0.2, 0.25) is 0 Å². The van der Waals surface area contributed by atoms with Gasteiger partial charge in [0.05, 0.1) is 0 Å². The van der Waals surface area contributed by atoms with Crippen LogP contribution in [0.15, 0.2) is 36.7 Å². The van der Waals surface area contributed by atoms with Gasteiger partial charge in [0.25, 0.3) is 5.82 Å². The van der Waals surface area contributed by atoms with Crippen LogP contribution in [0, 0.1) is 5.92 Å². The van der Waals surface area contributed by atoms with Gasteiger partial charge in [-0.3, -0.25) is 9.78 Å². The maximum absolute atomic E-state index is 13.1. The average molecular weight is 460 g/mol. The van der Waals surface area contributed by atoms with Crippen molar-refractivity contribution in [3.05, 3.63) is 42.5 Å². The van der Waals surface area contributed by atoms with E-state index in [1.54, 1.807) is 18.5 Å². The summed E-state index contributed by atoms with van der Waals surface area (Å²) in [6.45, 7) is 4.00. The van der Waals surface area contributed by atoms with Crippen molar-refractivity contribution in [3.8, 4) is 0 Å². The van der Waals surface area contributed by atoms with Crippen LogP contribution in [0.3, 0.4) is 0 Å². The number of anilines is 2. The van der Waals surface area contributed by atoms with E-state index < -0.39 is 12.0 Å². The number of carbonyl (C=O) groups excluding carboxylic acids is 1. The van der Waals surface area contributed by atoms with Gasteiger partial charge in [-0.25, -0.2) is 0 Å². The van der Waals surface area contributed by atoms with Crippen molar-refractivity contribution in [1.82, 2.24) is 29.7 Å². The largest absolute Gasteiger partial charge is 0.453 e. The van der Waals surface area contributed by atoms with Crippen LogP contribution in [0.25, 0.3) is 5.65 Å². The van der Waals surface area contributed by atoms with Gasteiger partial charge in [0.15, 0.2) is 5.65 Å². The predicted molar refractivity (Wildman–Crippen MR) is 114 cm³/mol. The first-order chi connectivity index (χ1) is 15.9. The zero-order chi connectivity index (χ0) is 23.0. The minimum absolute atomic E-state index is 0.0436. The number of alkyl halides is 3. The Morgan fingerprint density at radius 1 is 0.879 bits per heavy atom. The molecular formula is C21H23F3N8O. The van der Waals surface area contributed by atoms with E-state index in [0.29, 0.717) is 44.8 Å². The zero-order valence-corrected chi connectivity index (χ0v) is 17.8. The third-order valence-corrected chi connectivity index (χ3v) is 6.29. The molecule has 9 nitrogen and oxygen atoms in total. The Morgan fingerprint density at radius 3 is 2.24 bits per heavy atom. The lowest BCUT2D eigenvalue weighted by Gasteiger charge is -2.39. The molecule has 5 heterocycles. The number of carbonyl (C=O) groups is 1. The topological polar surface area (TPSA) is 82.8 Å². The minimum atomic E-state index is -4.63. The number of hydrogen-bond donors (Lipinski definition) is 0. The Bertz CT molecular complexity index is 1120. The van der Waals surface area contributed by atoms with Crippen LogP contribution in [0.1, 0.15) is 18.7 Å². The van der Waals surface area contributed by atoms with Crippen molar-refractivity contribution in [3.63, 3.8) is 0 Å².